The van der Waals surface area contributed by atoms with Gasteiger partial charge >= 0.3 is 5.97 Å². The molecule has 2 heterocycles. The van der Waals surface area contributed by atoms with Crippen molar-refractivity contribution >= 4 is 35.0 Å². The van der Waals surface area contributed by atoms with E-state index in [1.165, 1.54) is 11.3 Å². The summed E-state index contributed by atoms with van der Waals surface area (Å²) in [6, 6.07) is 15.9. The van der Waals surface area contributed by atoms with Crippen LogP contribution in [-0.4, -0.2) is 37.0 Å². The van der Waals surface area contributed by atoms with Gasteiger partial charge in [-0.25, -0.2) is 9.79 Å². The summed E-state index contributed by atoms with van der Waals surface area (Å²) >= 11 is 7.63. The lowest BCUT2D eigenvalue weighted by molar-refractivity contribution is -0.139. The molecule has 0 radical (unpaired) electrons. The van der Waals surface area contributed by atoms with Gasteiger partial charge in [-0.1, -0.05) is 53.3 Å². The molecule has 11 heteroatoms. The van der Waals surface area contributed by atoms with Crippen LogP contribution in [0, 0.1) is 0 Å². The molecule has 1 aromatic heterocycles. The molecule has 0 fully saturated rings. The summed E-state index contributed by atoms with van der Waals surface area (Å²) in [5, 5.41) is 0.612. The third-order valence-corrected chi connectivity index (χ3v) is 9.18. The zero-order valence-electron chi connectivity index (χ0n) is 29.1. The number of benzene rings is 3. The maximum atomic E-state index is 14.3. The van der Waals surface area contributed by atoms with Gasteiger partial charge in [0.15, 0.2) is 27.8 Å². The number of nitrogens with zero attached hydrogens (tertiary/aromatic N) is 2. The average molecular weight is 717 g/mol. The van der Waals surface area contributed by atoms with E-state index in [4.69, 9.17) is 40.3 Å². The molecule has 3 aromatic carbocycles. The number of aromatic nitrogens is 1. The number of carbonyl (C=O) groups excluding carboxylic acids is 1. The van der Waals surface area contributed by atoms with Crippen LogP contribution in [0.25, 0.3) is 6.08 Å². The monoisotopic (exact) mass is 716 g/mol. The van der Waals surface area contributed by atoms with Crippen LogP contribution in [0.2, 0.25) is 5.02 Å². The molecule has 0 spiro atoms. The first kappa shape index (κ1) is 36.5. The number of hydrogen-bond donors (Lipinski definition) is 0. The lowest BCUT2D eigenvalue weighted by atomic mass is 9.95. The van der Waals surface area contributed by atoms with E-state index in [0.717, 1.165) is 16.7 Å². The van der Waals surface area contributed by atoms with Gasteiger partial charge in [-0.2, -0.15) is 0 Å². The summed E-state index contributed by atoms with van der Waals surface area (Å²) in [6.07, 6.45) is 4.01. The van der Waals surface area contributed by atoms with Gasteiger partial charge in [-0.3, -0.25) is 9.36 Å². The molecule has 0 bridgehead atoms. The first-order chi connectivity index (χ1) is 24.1. The summed E-state index contributed by atoms with van der Waals surface area (Å²) in [6.45, 7) is 14.0. The van der Waals surface area contributed by atoms with E-state index in [0.29, 0.717) is 61.6 Å². The van der Waals surface area contributed by atoms with E-state index in [1.807, 2.05) is 63.2 Å². The minimum Gasteiger partial charge on any atom is -0.493 e. The normalized spacial score (nSPS) is 14.2. The van der Waals surface area contributed by atoms with Gasteiger partial charge in [0.05, 0.1) is 48.3 Å². The topological polar surface area (TPSA) is 97.6 Å². The van der Waals surface area contributed by atoms with Crippen LogP contribution in [-0.2, 0) is 22.6 Å². The minimum atomic E-state index is -0.814. The van der Waals surface area contributed by atoms with Crippen molar-refractivity contribution in [3.8, 4) is 23.0 Å². The maximum absolute atomic E-state index is 14.3. The van der Waals surface area contributed by atoms with Crippen molar-refractivity contribution in [1.29, 1.82) is 0 Å². The Morgan fingerprint density at radius 2 is 1.82 bits per heavy atom. The summed E-state index contributed by atoms with van der Waals surface area (Å²) in [5.74, 6) is 1.60. The Bertz CT molecular complexity index is 2120. The smallest absolute Gasteiger partial charge is 0.338 e. The van der Waals surface area contributed by atoms with Crippen LogP contribution in [0.1, 0.15) is 62.9 Å². The standard InChI is InChI=1S/C39H41ClN2O7S/c1-8-13-27-18-25(19-32(46-9-2)36(27)48-22-28-14-11-12-15-29(28)40)20-33-37(43)42-35(26-16-17-30(49-23(4)5)31(21-26)45-7)34(38(44)47-10-3)24(6)41-39(42)50-33/h8,11-12,14-21,23,35H,1,9-10,13,22H2,2-7H3/b33-20-/t35-/m0/s1. The van der Waals surface area contributed by atoms with Crippen molar-refractivity contribution < 1.29 is 28.5 Å². The lowest BCUT2D eigenvalue weighted by Gasteiger charge is -2.25. The summed E-state index contributed by atoms with van der Waals surface area (Å²) in [5.41, 5.74) is 3.50. The van der Waals surface area contributed by atoms with Gasteiger partial charge in [-0.15, -0.1) is 6.58 Å². The Kier molecular flexibility index (Phi) is 11.9. The lowest BCUT2D eigenvalue weighted by Crippen LogP contribution is -2.40. The fourth-order valence-electron chi connectivity index (χ4n) is 5.73. The Hall–Kier alpha value is -4.80. The number of hydrogen-bond acceptors (Lipinski definition) is 9. The van der Waals surface area contributed by atoms with E-state index < -0.39 is 12.0 Å². The molecule has 0 saturated carbocycles. The van der Waals surface area contributed by atoms with Gasteiger partial charge in [-0.05, 0) is 88.6 Å². The van der Waals surface area contributed by atoms with Crippen molar-refractivity contribution in [2.75, 3.05) is 20.3 Å². The molecule has 1 aliphatic rings. The molecule has 1 aliphatic heterocycles. The number of ether oxygens (including phenoxy) is 5. The van der Waals surface area contributed by atoms with Crippen LogP contribution in [0.5, 0.6) is 23.0 Å². The van der Waals surface area contributed by atoms with Crippen molar-refractivity contribution in [2.45, 2.75) is 59.8 Å². The number of carbonyl (C=O) groups is 1. The number of allylic oxidation sites excluding steroid dienone is 2. The molecular formula is C39H41ClN2O7S. The first-order valence-electron chi connectivity index (χ1n) is 16.4. The predicted octanol–water partition coefficient (Wildman–Crippen LogP) is 6.95. The molecule has 0 N–H and O–H groups in total. The van der Waals surface area contributed by atoms with Gasteiger partial charge < -0.3 is 23.7 Å². The molecule has 50 heavy (non-hydrogen) atoms. The number of esters is 1. The van der Waals surface area contributed by atoms with Crippen molar-refractivity contribution in [3.05, 3.63) is 125 Å². The van der Waals surface area contributed by atoms with Crippen molar-refractivity contribution in [1.82, 2.24) is 4.57 Å². The second kappa shape index (κ2) is 16.3. The third-order valence-electron chi connectivity index (χ3n) is 7.83. The Morgan fingerprint density at radius 1 is 1.04 bits per heavy atom. The maximum Gasteiger partial charge on any atom is 0.338 e. The number of methoxy groups -OCH3 is 1. The number of thiazole rings is 1. The van der Waals surface area contributed by atoms with E-state index in [1.54, 1.807) is 49.8 Å². The van der Waals surface area contributed by atoms with Crippen LogP contribution in [0.3, 0.4) is 0 Å². The number of rotatable bonds is 14. The molecule has 5 rings (SSSR count). The largest absolute Gasteiger partial charge is 0.493 e. The highest BCUT2D eigenvalue weighted by atomic mass is 35.5. The van der Waals surface area contributed by atoms with Crippen LogP contribution >= 0.6 is 22.9 Å². The second-order valence-corrected chi connectivity index (χ2v) is 13.1. The quantitative estimate of drug-likeness (QED) is 0.103. The van der Waals surface area contributed by atoms with Gasteiger partial charge in [0.2, 0.25) is 0 Å². The van der Waals surface area contributed by atoms with E-state index in [2.05, 4.69) is 6.58 Å². The van der Waals surface area contributed by atoms with Crippen LogP contribution < -0.4 is 33.8 Å². The fourth-order valence-corrected chi connectivity index (χ4v) is 6.97. The van der Waals surface area contributed by atoms with Crippen LogP contribution in [0.4, 0.5) is 0 Å². The second-order valence-electron chi connectivity index (χ2n) is 11.7. The van der Waals surface area contributed by atoms with Gasteiger partial charge in [0.1, 0.15) is 6.61 Å². The zero-order chi connectivity index (χ0) is 35.9. The van der Waals surface area contributed by atoms with Gasteiger partial charge in [0.25, 0.3) is 5.56 Å². The first-order valence-corrected chi connectivity index (χ1v) is 17.6. The van der Waals surface area contributed by atoms with E-state index in [-0.39, 0.29) is 30.5 Å². The SMILES string of the molecule is C=CCc1cc(/C=c2\sc3n(c2=O)[C@@H](c2ccc(OC(C)C)c(OC)c2)C(C(=O)OCC)=C(C)N=3)cc(OCC)c1OCc1ccccc1Cl. The Morgan fingerprint density at radius 3 is 2.50 bits per heavy atom. The number of halogens is 1. The zero-order valence-corrected chi connectivity index (χ0v) is 30.7. The fraction of sp³-hybridized carbons (Fsp3) is 0.308. The Labute approximate surface area is 300 Å². The molecule has 0 aliphatic carbocycles. The Balaban J connectivity index is 1.65. The molecule has 0 amide bonds. The minimum absolute atomic E-state index is 0.0807. The predicted molar refractivity (Wildman–Crippen MR) is 196 cm³/mol. The van der Waals surface area contributed by atoms with Crippen molar-refractivity contribution in [2.24, 2.45) is 4.99 Å². The van der Waals surface area contributed by atoms with E-state index >= 15 is 0 Å². The molecule has 0 unspecified atom stereocenters. The summed E-state index contributed by atoms with van der Waals surface area (Å²) < 4.78 is 31.4. The molecule has 9 nitrogen and oxygen atoms in total. The highest BCUT2D eigenvalue weighted by Gasteiger charge is 2.34. The third kappa shape index (κ3) is 7.82. The molecule has 262 valence electrons. The van der Waals surface area contributed by atoms with Crippen molar-refractivity contribution in [3.63, 3.8) is 0 Å². The molecule has 0 saturated heterocycles. The summed E-state index contributed by atoms with van der Waals surface area (Å²) in [4.78, 5) is 32.9. The molecular weight excluding hydrogens is 676 g/mol. The van der Waals surface area contributed by atoms with Crippen LogP contribution in [0.15, 0.2) is 88.3 Å². The molecule has 1 atom stereocenters. The molecule has 4 aromatic rings. The highest BCUT2D eigenvalue weighted by Crippen LogP contribution is 2.37. The summed E-state index contributed by atoms with van der Waals surface area (Å²) in [7, 11) is 1.55. The number of fused-ring (bicyclic) bond motifs is 1. The van der Waals surface area contributed by atoms with Gasteiger partial charge in [0, 0.05) is 16.1 Å². The average Bonchev–Trinajstić information content (AvgIpc) is 3.38. The highest BCUT2D eigenvalue weighted by molar-refractivity contribution is 7.07. The van der Waals surface area contributed by atoms with E-state index in [9.17, 15) is 9.59 Å².